The third-order valence-corrected chi connectivity index (χ3v) is 7.39. The molecule has 4 aromatic rings. The number of carbonyl (C=O) groups is 1. The Hall–Kier alpha value is -3.28. The highest BCUT2D eigenvalue weighted by molar-refractivity contribution is 6.32. The van der Waals surface area contributed by atoms with Crippen molar-refractivity contribution in [3.8, 4) is 17.0 Å². The van der Waals surface area contributed by atoms with Gasteiger partial charge in [-0.15, -0.1) is 0 Å². The van der Waals surface area contributed by atoms with Gasteiger partial charge in [-0.05, 0) is 53.3 Å². The van der Waals surface area contributed by atoms with Crippen LogP contribution in [0.3, 0.4) is 0 Å². The molecule has 7 heteroatoms. The van der Waals surface area contributed by atoms with Gasteiger partial charge in [-0.25, -0.2) is 0 Å². The van der Waals surface area contributed by atoms with Gasteiger partial charge in [0.25, 0.3) is 5.91 Å². The normalized spacial score (nSPS) is 15.2. The van der Waals surface area contributed by atoms with E-state index in [9.17, 15) is 9.90 Å². The van der Waals surface area contributed by atoms with Gasteiger partial charge in [0.1, 0.15) is 17.1 Å². The number of phenols is 1. The van der Waals surface area contributed by atoms with Crippen molar-refractivity contribution in [1.29, 1.82) is 0 Å². The number of aromatic nitrogens is 2. The molecule has 2 N–H and O–H groups in total. The van der Waals surface area contributed by atoms with Crippen LogP contribution in [0.1, 0.15) is 64.1 Å². The first kappa shape index (κ1) is 23.5. The number of hydrogen-bond acceptors (Lipinski definition) is 3. The zero-order valence-electron chi connectivity index (χ0n) is 19.6. The topological polar surface area (TPSA) is 69.2 Å². The van der Waals surface area contributed by atoms with Gasteiger partial charge in [0.05, 0.1) is 6.04 Å². The number of nitrogens with one attached hydrogen (secondary N) is 1. The number of aryl methyl sites for hydroxylation is 1. The van der Waals surface area contributed by atoms with Crippen LogP contribution in [-0.2, 0) is 6.54 Å². The summed E-state index contributed by atoms with van der Waals surface area (Å²) in [4.78, 5) is 15.4. The Kier molecular flexibility index (Phi) is 6.07. The van der Waals surface area contributed by atoms with Crippen LogP contribution in [0.4, 0.5) is 0 Å². The molecule has 0 saturated carbocycles. The molecule has 1 aromatic heterocycles. The van der Waals surface area contributed by atoms with Crippen molar-refractivity contribution in [2.75, 3.05) is 0 Å². The fourth-order valence-electron chi connectivity index (χ4n) is 4.64. The molecule has 5 nitrogen and oxygen atoms in total. The largest absolute Gasteiger partial charge is 0.507 e. The Morgan fingerprint density at radius 1 is 1.06 bits per heavy atom. The van der Waals surface area contributed by atoms with E-state index in [1.54, 1.807) is 17.0 Å². The number of aromatic amines is 1. The molecule has 0 saturated heterocycles. The zero-order chi connectivity index (χ0) is 24.9. The van der Waals surface area contributed by atoms with Crippen LogP contribution in [0, 0.1) is 6.92 Å². The molecule has 3 aromatic carbocycles. The second kappa shape index (κ2) is 9.06. The fourth-order valence-corrected chi connectivity index (χ4v) is 5.00. The van der Waals surface area contributed by atoms with Crippen LogP contribution in [0.15, 0.2) is 60.7 Å². The van der Waals surface area contributed by atoms with E-state index >= 15 is 0 Å². The van der Waals surface area contributed by atoms with Crippen LogP contribution in [-0.4, -0.2) is 26.1 Å². The zero-order valence-corrected chi connectivity index (χ0v) is 21.2. The number of halogens is 2. The van der Waals surface area contributed by atoms with Crippen LogP contribution in [0.25, 0.3) is 11.3 Å². The van der Waals surface area contributed by atoms with E-state index in [1.165, 1.54) is 5.56 Å². The van der Waals surface area contributed by atoms with Crippen molar-refractivity contribution in [3.63, 3.8) is 0 Å². The highest BCUT2D eigenvalue weighted by Crippen LogP contribution is 2.46. The monoisotopic (exact) mass is 505 g/mol. The maximum absolute atomic E-state index is 13.6. The third-order valence-electron chi connectivity index (χ3n) is 6.61. The molecular weight excluding hydrogens is 481 g/mol. The molecule has 0 aliphatic carbocycles. The number of benzene rings is 3. The van der Waals surface area contributed by atoms with Gasteiger partial charge in [0.15, 0.2) is 0 Å². The van der Waals surface area contributed by atoms with Gasteiger partial charge < -0.3 is 10.0 Å². The van der Waals surface area contributed by atoms with Gasteiger partial charge >= 0.3 is 0 Å². The Morgan fingerprint density at radius 3 is 2.46 bits per heavy atom. The fraction of sp³-hybridized carbons (Fsp3) is 0.214. The smallest absolute Gasteiger partial charge is 0.273 e. The average Bonchev–Trinajstić information content (AvgIpc) is 3.37. The maximum atomic E-state index is 13.6. The van der Waals surface area contributed by atoms with Crippen molar-refractivity contribution in [3.05, 3.63) is 104 Å². The summed E-state index contributed by atoms with van der Waals surface area (Å²) in [6.07, 6.45) is 0. The highest BCUT2D eigenvalue weighted by Gasteiger charge is 2.42. The average molecular weight is 506 g/mol. The standard InChI is InChI=1S/C28H25Cl2N3O2/c1-15(2)17-8-10-18(11-9-17)27-24-25(20-13-22(30)16(3)12-23(20)34)31-32-26(24)28(35)33(27)14-19-6-4-5-7-21(19)29/h4-13,15,27,34H,14H2,1-3H3,(H,31,32). The Bertz CT molecular complexity index is 1430. The van der Waals surface area contributed by atoms with Gasteiger partial charge in [0.2, 0.25) is 0 Å². The number of rotatable bonds is 5. The lowest BCUT2D eigenvalue weighted by molar-refractivity contribution is 0.0730. The molecule has 0 bridgehead atoms. The lowest BCUT2D eigenvalue weighted by Crippen LogP contribution is -2.29. The van der Waals surface area contributed by atoms with Crippen LogP contribution in [0.2, 0.25) is 10.0 Å². The number of carbonyl (C=O) groups excluding carboxylic acids is 1. The molecule has 0 fully saturated rings. The molecular formula is C28H25Cl2N3O2. The summed E-state index contributed by atoms with van der Waals surface area (Å²) in [7, 11) is 0. The Labute approximate surface area is 214 Å². The highest BCUT2D eigenvalue weighted by atomic mass is 35.5. The van der Waals surface area contributed by atoms with Crippen LogP contribution >= 0.6 is 23.2 Å². The van der Waals surface area contributed by atoms with Crippen LogP contribution in [0.5, 0.6) is 5.75 Å². The number of H-pyrrole nitrogens is 1. The summed E-state index contributed by atoms with van der Waals surface area (Å²) in [6.45, 7) is 6.45. The molecule has 5 rings (SSSR count). The molecule has 2 heterocycles. The number of amides is 1. The second-order valence-corrected chi connectivity index (χ2v) is 10.0. The van der Waals surface area contributed by atoms with E-state index in [-0.39, 0.29) is 11.7 Å². The Morgan fingerprint density at radius 2 is 1.77 bits per heavy atom. The minimum Gasteiger partial charge on any atom is -0.507 e. The van der Waals surface area contributed by atoms with Crippen molar-refractivity contribution >= 4 is 29.1 Å². The lowest BCUT2D eigenvalue weighted by Gasteiger charge is -2.27. The third kappa shape index (κ3) is 4.09. The molecule has 1 atom stereocenters. The molecule has 1 aliphatic rings. The molecule has 1 amide bonds. The van der Waals surface area contributed by atoms with E-state index in [0.29, 0.717) is 39.5 Å². The van der Waals surface area contributed by atoms with Gasteiger partial charge in [-0.3, -0.25) is 9.89 Å². The second-order valence-electron chi connectivity index (χ2n) is 9.23. The summed E-state index contributed by atoms with van der Waals surface area (Å²) in [5, 5.41) is 19.2. The summed E-state index contributed by atoms with van der Waals surface area (Å²) < 4.78 is 0. The number of aromatic hydroxyl groups is 1. The van der Waals surface area contributed by atoms with Gasteiger partial charge in [-0.1, -0.05) is 79.5 Å². The Balaban J connectivity index is 1.67. The number of fused-ring (bicyclic) bond motifs is 1. The number of phenolic OH excluding ortho intramolecular Hbond substituents is 1. The molecule has 1 unspecified atom stereocenters. The van der Waals surface area contributed by atoms with Crippen molar-refractivity contribution in [1.82, 2.24) is 15.1 Å². The molecule has 35 heavy (non-hydrogen) atoms. The first-order chi connectivity index (χ1) is 16.8. The first-order valence-corrected chi connectivity index (χ1v) is 12.2. The van der Waals surface area contributed by atoms with E-state index in [2.05, 4.69) is 48.3 Å². The molecule has 178 valence electrons. The van der Waals surface area contributed by atoms with E-state index in [4.69, 9.17) is 23.2 Å². The minimum absolute atomic E-state index is 0.0621. The van der Waals surface area contributed by atoms with Crippen molar-refractivity contribution in [2.45, 2.75) is 39.3 Å². The maximum Gasteiger partial charge on any atom is 0.273 e. The molecule has 0 spiro atoms. The van der Waals surface area contributed by atoms with E-state index < -0.39 is 6.04 Å². The molecule has 0 radical (unpaired) electrons. The molecule has 1 aliphatic heterocycles. The van der Waals surface area contributed by atoms with Crippen molar-refractivity contribution in [2.24, 2.45) is 0 Å². The lowest BCUT2D eigenvalue weighted by atomic mass is 9.93. The SMILES string of the molecule is Cc1cc(O)c(-c2n[nH]c3c2C(c2ccc(C(C)C)cc2)N(Cc2ccccc2Cl)C3=O)cc1Cl. The minimum atomic E-state index is -0.414. The number of nitrogens with zero attached hydrogens (tertiary/aromatic N) is 2. The van der Waals surface area contributed by atoms with E-state index in [0.717, 1.165) is 22.3 Å². The van der Waals surface area contributed by atoms with Gasteiger partial charge in [-0.2, -0.15) is 5.10 Å². The van der Waals surface area contributed by atoms with E-state index in [1.807, 2.05) is 31.2 Å². The summed E-state index contributed by atoms with van der Waals surface area (Å²) in [6, 6.07) is 18.7. The number of hydrogen-bond donors (Lipinski definition) is 2. The quantitative estimate of drug-likeness (QED) is 0.299. The summed E-state index contributed by atoms with van der Waals surface area (Å²) in [5.41, 5.74) is 5.89. The summed E-state index contributed by atoms with van der Waals surface area (Å²) >= 11 is 12.9. The van der Waals surface area contributed by atoms with Crippen LogP contribution < -0.4 is 0 Å². The first-order valence-electron chi connectivity index (χ1n) is 11.5. The van der Waals surface area contributed by atoms with Crippen molar-refractivity contribution < 1.29 is 9.90 Å². The predicted octanol–water partition coefficient (Wildman–Crippen LogP) is 7.27. The summed E-state index contributed by atoms with van der Waals surface area (Å²) in [5.74, 6) is 0.279. The van der Waals surface area contributed by atoms with Gasteiger partial charge in [0, 0.05) is 27.7 Å². The predicted molar refractivity (Wildman–Crippen MR) is 139 cm³/mol.